The van der Waals surface area contributed by atoms with Gasteiger partial charge in [-0.15, -0.1) is 0 Å². The molecule has 0 bridgehead atoms. The van der Waals surface area contributed by atoms with Gasteiger partial charge in [0.1, 0.15) is 30.0 Å². The minimum atomic E-state index is -0.706. The molecular weight excluding hydrogens is 377 g/mol. The molecule has 1 amide bonds. The van der Waals surface area contributed by atoms with Crippen molar-refractivity contribution < 1.29 is 23.1 Å². The smallest absolute Gasteiger partial charge is 0.415 e. The average Bonchev–Trinajstić information content (AvgIpc) is 3.18. The van der Waals surface area contributed by atoms with Gasteiger partial charge in [0.05, 0.1) is 25.2 Å². The Morgan fingerprint density at radius 1 is 1.21 bits per heavy atom. The number of pyridine rings is 1. The summed E-state index contributed by atoms with van der Waals surface area (Å²) in [6, 6.07) is 5.92. The maximum atomic E-state index is 13.7. The summed E-state index contributed by atoms with van der Waals surface area (Å²) in [6.45, 7) is 5.37. The number of methoxy groups -OCH3 is 1. The van der Waals surface area contributed by atoms with Crippen molar-refractivity contribution >= 4 is 11.8 Å². The van der Waals surface area contributed by atoms with Crippen molar-refractivity contribution in [3.05, 3.63) is 60.8 Å². The number of benzene rings is 1. The van der Waals surface area contributed by atoms with E-state index in [-0.39, 0.29) is 6.54 Å². The molecule has 0 saturated heterocycles. The second-order valence-corrected chi connectivity index (χ2v) is 7.23. The largest absolute Gasteiger partial charge is 0.496 e. The number of hydrogen-bond donors (Lipinski definition) is 0. The lowest BCUT2D eigenvalue weighted by Gasteiger charge is -2.28. The van der Waals surface area contributed by atoms with E-state index in [1.54, 1.807) is 39.1 Å². The highest BCUT2D eigenvalue weighted by molar-refractivity contribution is 5.94. The Morgan fingerprint density at radius 2 is 2.00 bits per heavy atom. The minimum absolute atomic E-state index is 0.0319. The zero-order valence-electron chi connectivity index (χ0n) is 16.7. The zero-order chi connectivity index (χ0) is 21.0. The van der Waals surface area contributed by atoms with Crippen LogP contribution in [0.2, 0.25) is 0 Å². The lowest BCUT2D eigenvalue weighted by Crippen LogP contribution is -2.37. The highest BCUT2D eigenvalue weighted by Gasteiger charge is 2.27. The molecule has 8 heteroatoms. The molecular formula is C21H22FN3O4. The molecule has 0 radical (unpaired) electrons. The van der Waals surface area contributed by atoms with Crippen LogP contribution in [0, 0.1) is 5.82 Å². The van der Waals surface area contributed by atoms with Crippen LogP contribution in [0.3, 0.4) is 0 Å². The van der Waals surface area contributed by atoms with E-state index in [1.807, 2.05) is 0 Å². The van der Waals surface area contributed by atoms with E-state index in [0.29, 0.717) is 28.5 Å². The maximum Gasteiger partial charge on any atom is 0.415 e. The molecule has 0 unspecified atom stereocenters. The van der Waals surface area contributed by atoms with Crippen LogP contribution in [0.1, 0.15) is 26.7 Å². The first-order valence-corrected chi connectivity index (χ1v) is 8.95. The standard InChI is InChI=1S/C21H22FN3O4/c1-21(2,3)29-20(26)25(13-19-24-9-10-28-19)17-12-23-8-7-15(17)16-6-5-14(22)11-18(16)27-4/h5-12H,13H2,1-4H3. The van der Waals surface area contributed by atoms with Gasteiger partial charge in [-0.05, 0) is 39.0 Å². The lowest BCUT2D eigenvalue weighted by molar-refractivity contribution is 0.0574. The van der Waals surface area contributed by atoms with Crippen molar-refractivity contribution in [1.29, 1.82) is 0 Å². The monoisotopic (exact) mass is 399 g/mol. The first-order valence-electron chi connectivity index (χ1n) is 8.95. The van der Waals surface area contributed by atoms with Crippen LogP contribution in [0.5, 0.6) is 5.75 Å². The van der Waals surface area contributed by atoms with Crippen LogP contribution in [0.4, 0.5) is 14.9 Å². The summed E-state index contributed by atoms with van der Waals surface area (Å²) < 4.78 is 29.9. The van der Waals surface area contributed by atoms with Gasteiger partial charge in [-0.3, -0.25) is 9.88 Å². The molecule has 7 nitrogen and oxygen atoms in total. The molecule has 0 N–H and O–H groups in total. The van der Waals surface area contributed by atoms with Crippen LogP contribution in [-0.2, 0) is 11.3 Å². The normalized spacial score (nSPS) is 11.2. The average molecular weight is 399 g/mol. The number of hydrogen-bond acceptors (Lipinski definition) is 6. The van der Waals surface area contributed by atoms with E-state index >= 15 is 0 Å². The SMILES string of the molecule is COc1cc(F)ccc1-c1ccncc1N(Cc1ncco1)C(=O)OC(C)(C)C. The Bertz CT molecular complexity index is 984. The Morgan fingerprint density at radius 3 is 2.66 bits per heavy atom. The molecule has 0 fully saturated rings. The van der Waals surface area contributed by atoms with Crippen LogP contribution >= 0.6 is 0 Å². The van der Waals surface area contributed by atoms with E-state index in [0.717, 1.165) is 0 Å². The van der Waals surface area contributed by atoms with Crippen molar-refractivity contribution in [2.24, 2.45) is 0 Å². The van der Waals surface area contributed by atoms with Crippen LogP contribution in [-0.4, -0.2) is 28.8 Å². The zero-order valence-corrected chi connectivity index (χ0v) is 16.7. The summed E-state index contributed by atoms with van der Waals surface area (Å²) >= 11 is 0. The first-order chi connectivity index (χ1) is 13.8. The number of aromatic nitrogens is 2. The quantitative estimate of drug-likeness (QED) is 0.612. The third-order valence-electron chi connectivity index (χ3n) is 3.94. The molecule has 1 aromatic carbocycles. The van der Waals surface area contributed by atoms with E-state index < -0.39 is 17.5 Å². The van der Waals surface area contributed by atoms with E-state index in [1.165, 1.54) is 42.8 Å². The van der Waals surface area contributed by atoms with Crippen LogP contribution < -0.4 is 9.64 Å². The molecule has 0 saturated carbocycles. The highest BCUT2D eigenvalue weighted by Crippen LogP contribution is 2.37. The fraction of sp³-hybridized carbons (Fsp3) is 0.286. The van der Waals surface area contributed by atoms with Gasteiger partial charge >= 0.3 is 6.09 Å². The highest BCUT2D eigenvalue weighted by atomic mass is 19.1. The fourth-order valence-electron chi connectivity index (χ4n) is 2.75. The Balaban J connectivity index is 2.10. The number of carbonyl (C=O) groups is 1. The number of carbonyl (C=O) groups excluding carboxylic acids is 1. The Labute approximate surface area is 168 Å². The molecule has 0 atom stereocenters. The topological polar surface area (TPSA) is 77.7 Å². The number of amides is 1. The fourth-order valence-corrected chi connectivity index (χ4v) is 2.75. The van der Waals surface area contributed by atoms with Crippen molar-refractivity contribution in [3.8, 4) is 16.9 Å². The second-order valence-electron chi connectivity index (χ2n) is 7.23. The maximum absolute atomic E-state index is 13.7. The lowest BCUT2D eigenvalue weighted by atomic mass is 10.0. The molecule has 2 heterocycles. The summed E-state index contributed by atoms with van der Waals surface area (Å²) in [6.07, 6.45) is 5.45. The van der Waals surface area contributed by atoms with Crippen molar-refractivity contribution in [2.75, 3.05) is 12.0 Å². The van der Waals surface area contributed by atoms with Crippen molar-refractivity contribution in [1.82, 2.24) is 9.97 Å². The predicted molar refractivity (Wildman–Crippen MR) is 105 cm³/mol. The summed E-state index contributed by atoms with van der Waals surface area (Å²) in [5.41, 5.74) is 0.966. The first kappa shape index (κ1) is 20.3. The third kappa shape index (κ3) is 4.90. The molecule has 29 heavy (non-hydrogen) atoms. The predicted octanol–water partition coefficient (Wildman–Crippen LogP) is 4.83. The number of anilines is 1. The van der Waals surface area contributed by atoms with Gasteiger partial charge in [0.15, 0.2) is 0 Å². The van der Waals surface area contributed by atoms with Gasteiger partial charge in [0.25, 0.3) is 0 Å². The van der Waals surface area contributed by atoms with E-state index in [4.69, 9.17) is 13.9 Å². The van der Waals surface area contributed by atoms with Crippen molar-refractivity contribution in [2.45, 2.75) is 32.9 Å². The summed E-state index contributed by atoms with van der Waals surface area (Å²) in [5.74, 6) is 0.236. The van der Waals surface area contributed by atoms with Gasteiger partial charge in [-0.25, -0.2) is 14.2 Å². The Kier molecular flexibility index (Phi) is 5.81. The van der Waals surface area contributed by atoms with Gasteiger partial charge in [0.2, 0.25) is 5.89 Å². The number of oxazole rings is 1. The molecule has 152 valence electrons. The molecule has 0 aliphatic rings. The summed E-state index contributed by atoms with van der Waals surface area (Å²) in [4.78, 5) is 22.6. The molecule has 0 aliphatic heterocycles. The second kappa shape index (κ2) is 8.30. The van der Waals surface area contributed by atoms with Gasteiger partial charge in [0, 0.05) is 23.4 Å². The van der Waals surface area contributed by atoms with Crippen molar-refractivity contribution in [3.63, 3.8) is 0 Å². The number of rotatable bonds is 5. The van der Waals surface area contributed by atoms with Gasteiger partial charge < -0.3 is 13.9 Å². The van der Waals surface area contributed by atoms with E-state index in [9.17, 15) is 9.18 Å². The molecule has 3 aromatic rings. The van der Waals surface area contributed by atoms with Crippen LogP contribution in [0.15, 0.2) is 53.5 Å². The molecule has 3 rings (SSSR count). The van der Waals surface area contributed by atoms with Gasteiger partial charge in [-0.1, -0.05) is 0 Å². The number of nitrogens with zero attached hydrogens (tertiary/aromatic N) is 3. The van der Waals surface area contributed by atoms with Gasteiger partial charge in [-0.2, -0.15) is 0 Å². The van der Waals surface area contributed by atoms with E-state index in [2.05, 4.69) is 9.97 Å². The molecule has 2 aromatic heterocycles. The minimum Gasteiger partial charge on any atom is -0.496 e. The molecule has 0 spiro atoms. The third-order valence-corrected chi connectivity index (χ3v) is 3.94. The van der Waals surface area contributed by atoms with Crippen LogP contribution in [0.25, 0.3) is 11.1 Å². The summed E-state index contributed by atoms with van der Waals surface area (Å²) in [5, 5.41) is 0. The number of ether oxygens (including phenoxy) is 2. The molecule has 0 aliphatic carbocycles. The number of halogens is 1. The summed E-state index contributed by atoms with van der Waals surface area (Å²) in [7, 11) is 1.46. The Hall–Kier alpha value is -3.42.